The second kappa shape index (κ2) is 9.50. The first-order chi connectivity index (χ1) is 13.6. The molecule has 0 bridgehead atoms. The van der Waals surface area contributed by atoms with E-state index in [2.05, 4.69) is 5.32 Å². The number of rotatable bonds is 8. The summed E-state index contributed by atoms with van der Waals surface area (Å²) >= 11 is 0. The Hall–Kier alpha value is -2.68. The summed E-state index contributed by atoms with van der Waals surface area (Å²) in [5, 5.41) is 3.58. The van der Waals surface area contributed by atoms with Gasteiger partial charge in [-0.05, 0) is 36.8 Å². The predicted octanol–water partition coefficient (Wildman–Crippen LogP) is 4.63. The van der Waals surface area contributed by atoms with Crippen molar-refractivity contribution in [2.75, 3.05) is 6.61 Å². The minimum atomic E-state index is -3.35. The lowest BCUT2D eigenvalue weighted by atomic mass is 10.1. The molecule has 4 nitrogen and oxygen atoms in total. The van der Waals surface area contributed by atoms with E-state index in [1.807, 2.05) is 61.5 Å². The van der Waals surface area contributed by atoms with E-state index in [0.717, 1.165) is 5.56 Å². The van der Waals surface area contributed by atoms with Crippen LogP contribution in [-0.4, -0.2) is 18.3 Å². The van der Waals surface area contributed by atoms with Crippen molar-refractivity contribution in [2.45, 2.75) is 19.1 Å². The fourth-order valence-electron chi connectivity index (χ4n) is 3.09. The third kappa shape index (κ3) is 4.78. The molecular weight excluding hydrogens is 369 g/mol. The van der Waals surface area contributed by atoms with Crippen LogP contribution >= 0.6 is 7.37 Å². The summed E-state index contributed by atoms with van der Waals surface area (Å²) in [6, 6.07) is 27.8. The molecule has 3 aromatic rings. The van der Waals surface area contributed by atoms with Crippen LogP contribution in [0, 0.1) is 0 Å². The lowest BCUT2D eigenvalue weighted by molar-refractivity contribution is 0.0945. The highest BCUT2D eigenvalue weighted by molar-refractivity contribution is 7.67. The lowest BCUT2D eigenvalue weighted by Crippen LogP contribution is -2.39. The molecule has 28 heavy (non-hydrogen) atoms. The molecule has 0 heterocycles. The molecule has 1 N–H and O–H groups in total. The van der Waals surface area contributed by atoms with Gasteiger partial charge >= 0.3 is 0 Å². The van der Waals surface area contributed by atoms with E-state index in [0.29, 0.717) is 23.9 Å². The molecule has 0 spiro atoms. The van der Waals surface area contributed by atoms with Gasteiger partial charge in [-0.15, -0.1) is 0 Å². The van der Waals surface area contributed by atoms with Gasteiger partial charge in [0.05, 0.1) is 6.61 Å². The predicted molar refractivity (Wildman–Crippen MR) is 113 cm³/mol. The van der Waals surface area contributed by atoms with Crippen LogP contribution in [0.15, 0.2) is 91.0 Å². The number of amides is 1. The van der Waals surface area contributed by atoms with E-state index < -0.39 is 13.2 Å². The maximum Gasteiger partial charge on any atom is 0.254 e. The second-order valence-corrected chi connectivity index (χ2v) is 8.99. The molecule has 0 aliphatic carbocycles. The summed E-state index contributed by atoms with van der Waals surface area (Å²) in [5.74, 6) is -0.942. The van der Waals surface area contributed by atoms with Gasteiger partial charge in [-0.2, -0.15) is 0 Å². The van der Waals surface area contributed by atoms with Crippen molar-refractivity contribution in [3.8, 4) is 0 Å². The summed E-state index contributed by atoms with van der Waals surface area (Å²) in [4.78, 5) is 12.8. The number of benzene rings is 3. The first-order valence-corrected chi connectivity index (χ1v) is 11.0. The van der Waals surface area contributed by atoms with Crippen LogP contribution in [0.25, 0.3) is 0 Å². The van der Waals surface area contributed by atoms with Crippen LogP contribution in [0.4, 0.5) is 0 Å². The maximum atomic E-state index is 14.0. The van der Waals surface area contributed by atoms with Gasteiger partial charge in [-0.3, -0.25) is 9.36 Å². The fraction of sp³-hybridized carbons (Fsp3) is 0.174. The van der Waals surface area contributed by atoms with Gasteiger partial charge in [-0.1, -0.05) is 66.7 Å². The zero-order chi connectivity index (χ0) is 19.8. The minimum Gasteiger partial charge on any atom is -0.339 e. The van der Waals surface area contributed by atoms with Gasteiger partial charge in [0.2, 0.25) is 0 Å². The zero-order valence-electron chi connectivity index (χ0n) is 15.8. The van der Waals surface area contributed by atoms with Gasteiger partial charge in [-0.25, -0.2) is 0 Å². The van der Waals surface area contributed by atoms with Crippen molar-refractivity contribution in [3.63, 3.8) is 0 Å². The lowest BCUT2D eigenvalue weighted by Gasteiger charge is -2.28. The summed E-state index contributed by atoms with van der Waals surface area (Å²) in [7, 11) is -3.35. The maximum absolute atomic E-state index is 14.0. The topological polar surface area (TPSA) is 55.4 Å². The number of hydrogen-bond donors (Lipinski definition) is 1. The van der Waals surface area contributed by atoms with Gasteiger partial charge in [0.1, 0.15) is 5.78 Å². The largest absolute Gasteiger partial charge is 0.339 e. The first kappa shape index (κ1) is 20.1. The summed E-state index contributed by atoms with van der Waals surface area (Å²) < 4.78 is 19.9. The van der Waals surface area contributed by atoms with Crippen LogP contribution < -0.4 is 10.6 Å². The molecule has 5 heteroatoms. The second-order valence-electron chi connectivity index (χ2n) is 6.40. The molecule has 0 saturated heterocycles. The van der Waals surface area contributed by atoms with Crippen molar-refractivity contribution in [1.82, 2.24) is 5.32 Å². The van der Waals surface area contributed by atoms with Gasteiger partial charge in [0, 0.05) is 17.3 Å². The number of carbonyl (C=O) groups is 1. The highest BCUT2D eigenvalue weighted by Crippen LogP contribution is 2.50. The molecule has 0 fully saturated rings. The Balaban J connectivity index is 1.98. The standard InChI is InChI=1S/C23H24NO3P/c1-2-27-28(26,21-16-10-5-11-17-21)22(18-19-12-6-3-7-13-19)24-23(25)20-14-8-4-9-15-20/h3-17,22H,2,18H2,1H3,(H,24,25)/t22-,28?/m0/s1. The van der Waals surface area contributed by atoms with Gasteiger partial charge in [0.25, 0.3) is 13.3 Å². The molecule has 144 valence electrons. The van der Waals surface area contributed by atoms with Crippen molar-refractivity contribution in [3.05, 3.63) is 102 Å². The Morgan fingerprint density at radius 1 is 0.893 bits per heavy atom. The van der Waals surface area contributed by atoms with Crippen LogP contribution in [0.3, 0.4) is 0 Å². The minimum absolute atomic E-state index is 0.266. The van der Waals surface area contributed by atoms with Crippen molar-refractivity contribution in [1.29, 1.82) is 0 Å². The zero-order valence-corrected chi connectivity index (χ0v) is 16.7. The Morgan fingerprint density at radius 2 is 1.43 bits per heavy atom. The highest BCUT2D eigenvalue weighted by Gasteiger charge is 2.37. The molecular formula is C23H24NO3P. The molecule has 2 atom stereocenters. The van der Waals surface area contributed by atoms with E-state index in [1.54, 1.807) is 36.4 Å². The van der Waals surface area contributed by atoms with Crippen LogP contribution in [0.5, 0.6) is 0 Å². The average Bonchev–Trinajstić information content (AvgIpc) is 2.75. The van der Waals surface area contributed by atoms with Crippen LogP contribution in [0.2, 0.25) is 0 Å². The summed E-state index contributed by atoms with van der Waals surface area (Å²) in [6.07, 6.45) is 0.408. The Bertz CT molecular complexity index is 930. The monoisotopic (exact) mass is 393 g/mol. The van der Waals surface area contributed by atoms with Crippen molar-refractivity contribution < 1.29 is 13.9 Å². The first-order valence-electron chi connectivity index (χ1n) is 9.33. The van der Waals surface area contributed by atoms with Crippen molar-refractivity contribution in [2.24, 2.45) is 0 Å². The average molecular weight is 393 g/mol. The fourth-order valence-corrected chi connectivity index (χ4v) is 5.49. The van der Waals surface area contributed by atoms with E-state index in [1.165, 1.54) is 0 Å². The highest BCUT2D eigenvalue weighted by atomic mass is 31.2. The molecule has 1 unspecified atom stereocenters. The molecule has 0 aliphatic heterocycles. The summed E-state index contributed by atoms with van der Waals surface area (Å²) in [5.41, 5.74) is 1.51. The van der Waals surface area contributed by atoms with Crippen LogP contribution in [-0.2, 0) is 15.5 Å². The van der Waals surface area contributed by atoms with E-state index in [9.17, 15) is 9.36 Å². The molecule has 3 aromatic carbocycles. The Morgan fingerprint density at radius 3 is 2.00 bits per heavy atom. The van der Waals surface area contributed by atoms with E-state index in [4.69, 9.17) is 4.52 Å². The van der Waals surface area contributed by atoms with Gasteiger partial charge < -0.3 is 9.84 Å². The van der Waals surface area contributed by atoms with E-state index in [-0.39, 0.29) is 5.91 Å². The molecule has 1 amide bonds. The smallest absolute Gasteiger partial charge is 0.254 e. The third-order valence-corrected chi connectivity index (χ3v) is 7.24. The Labute approximate surface area is 166 Å². The van der Waals surface area contributed by atoms with Crippen molar-refractivity contribution >= 4 is 18.6 Å². The van der Waals surface area contributed by atoms with E-state index >= 15 is 0 Å². The molecule has 3 rings (SSSR count). The van der Waals surface area contributed by atoms with Gasteiger partial charge in [0.15, 0.2) is 0 Å². The SMILES string of the molecule is CCOP(=O)(c1ccccc1)[C@@H](Cc1ccccc1)NC(=O)c1ccccc1. The van der Waals surface area contributed by atoms with Crippen LogP contribution in [0.1, 0.15) is 22.8 Å². The molecule has 0 radical (unpaired) electrons. The number of carbonyl (C=O) groups excluding carboxylic acids is 1. The number of hydrogen-bond acceptors (Lipinski definition) is 3. The summed E-state index contributed by atoms with van der Waals surface area (Å²) in [6.45, 7) is 2.10. The number of nitrogens with one attached hydrogen (secondary N) is 1. The molecule has 0 aliphatic rings. The molecule has 0 saturated carbocycles. The normalized spacial score (nSPS) is 14.0. The third-order valence-electron chi connectivity index (χ3n) is 4.45. The molecule has 0 aromatic heterocycles. The quantitative estimate of drug-likeness (QED) is 0.568. The Kier molecular flexibility index (Phi) is 6.80.